The molecule has 0 saturated heterocycles. The Balaban J connectivity index is 3.02. The molecule has 0 atom stereocenters. The lowest BCUT2D eigenvalue weighted by Gasteiger charge is -2.36. The van der Waals surface area contributed by atoms with Crippen LogP contribution >= 0.6 is 15.9 Å². The maximum Gasteiger partial charge on any atom is 0.250 e. The van der Waals surface area contributed by atoms with Gasteiger partial charge < -0.3 is 9.16 Å². The molecule has 0 amide bonds. The van der Waals surface area contributed by atoms with E-state index in [1.807, 2.05) is 18.2 Å². The lowest BCUT2D eigenvalue weighted by molar-refractivity contribution is 0.410. The Morgan fingerprint density at radius 1 is 1.18 bits per heavy atom. The van der Waals surface area contributed by atoms with Crippen LogP contribution in [0.25, 0.3) is 0 Å². The Morgan fingerprint density at radius 3 is 2.24 bits per heavy atom. The van der Waals surface area contributed by atoms with Crippen LogP contribution in [0.2, 0.25) is 18.1 Å². The van der Waals surface area contributed by atoms with Gasteiger partial charge in [-0.3, -0.25) is 0 Å². The van der Waals surface area contributed by atoms with Crippen molar-refractivity contribution in [3.63, 3.8) is 0 Å². The van der Waals surface area contributed by atoms with Crippen LogP contribution in [0.15, 0.2) is 22.7 Å². The Labute approximate surface area is 114 Å². The van der Waals surface area contributed by atoms with E-state index in [4.69, 9.17) is 9.16 Å². The highest BCUT2D eigenvalue weighted by atomic mass is 79.9. The molecule has 0 aliphatic carbocycles. The van der Waals surface area contributed by atoms with Crippen LogP contribution in [0.5, 0.6) is 11.5 Å². The minimum absolute atomic E-state index is 0.190. The van der Waals surface area contributed by atoms with Crippen LogP contribution in [0.4, 0.5) is 0 Å². The molecule has 0 radical (unpaired) electrons. The molecule has 0 aliphatic heterocycles. The predicted octanol–water partition coefficient (Wildman–Crippen LogP) is 4.84. The highest BCUT2D eigenvalue weighted by molar-refractivity contribution is 9.10. The van der Waals surface area contributed by atoms with Crippen LogP contribution in [0.3, 0.4) is 0 Å². The van der Waals surface area contributed by atoms with Gasteiger partial charge in [-0.05, 0) is 46.2 Å². The fourth-order valence-corrected chi connectivity index (χ4v) is 2.62. The second kappa shape index (κ2) is 5.02. The Bertz CT molecular complexity index is 397. The third-order valence-corrected chi connectivity index (χ3v) is 8.31. The zero-order valence-corrected chi connectivity index (χ0v) is 14.0. The minimum Gasteiger partial charge on any atom is -0.543 e. The van der Waals surface area contributed by atoms with Gasteiger partial charge >= 0.3 is 0 Å². The van der Waals surface area contributed by atoms with Crippen molar-refractivity contribution in [2.45, 2.75) is 38.9 Å². The first-order chi connectivity index (χ1) is 7.67. The van der Waals surface area contributed by atoms with Crippen molar-refractivity contribution in [2.75, 3.05) is 7.11 Å². The molecule has 1 aromatic carbocycles. The maximum atomic E-state index is 6.25. The molecule has 0 aliphatic rings. The van der Waals surface area contributed by atoms with E-state index in [0.29, 0.717) is 0 Å². The van der Waals surface area contributed by atoms with Crippen molar-refractivity contribution in [1.29, 1.82) is 0 Å². The first-order valence-corrected chi connectivity index (χ1v) is 9.40. The highest BCUT2D eigenvalue weighted by Crippen LogP contribution is 2.40. The van der Waals surface area contributed by atoms with Gasteiger partial charge in [-0.15, -0.1) is 0 Å². The Morgan fingerprint density at radius 2 is 1.76 bits per heavy atom. The van der Waals surface area contributed by atoms with Crippen molar-refractivity contribution < 1.29 is 9.16 Å². The molecular weight excluding hydrogens is 296 g/mol. The van der Waals surface area contributed by atoms with E-state index >= 15 is 0 Å². The molecule has 1 aromatic rings. The van der Waals surface area contributed by atoms with Crippen molar-refractivity contribution in [1.82, 2.24) is 0 Å². The van der Waals surface area contributed by atoms with Gasteiger partial charge in [0.05, 0.1) is 11.6 Å². The number of methoxy groups -OCH3 is 1. The van der Waals surface area contributed by atoms with Crippen molar-refractivity contribution >= 4 is 24.2 Å². The smallest absolute Gasteiger partial charge is 0.250 e. The van der Waals surface area contributed by atoms with E-state index < -0.39 is 8.32 Å². The molecule has 17 heavy (non-hydrogen) atoms. The molecule has 0 bridgehead atoms. The maximum absolute atomic E-state index is 6.25. The van der Waals surface area contributed by atoms with Crippen LogP contribution in [0, 0.1) is 0 Å². The van der Waals surface area contributed by atoms with Crippen LogP contribution < -0.4 is 9.16 Å². The van der Waals surface area contributed by atoms with E-state index in [1.54, 1.807) is 7.11 Å². The fourth-order valence-electron chi connectivity index (χ4n) is 1.12. The zero-order chi connectivity index (χ0) is 13.3. The van der Waals surface area contributed by atoms with Gasteiger partial charge in [0.1, 0.15) is 11.5 Å². The molecule has 2 nitrogen and oxygen atoms in total. The van der Waals surface area contributed by atoms with Crippen molar-refractivity contribution in [3.05, 3.63) is 22.7 Å². The van der Waals surface area contributed by atoms with Gasteiger partial charge in [0.25, 0.3) is 8.32 Å². The van der Waals surface area contributed by atoms with E-state index in [1.165, 1.54) is 0 Å². The summed E-state index contributed by atoms with van der Waals surface area (Å²) in [5, 5.41) is 0.190. The zero-order valence-electron chi connectivity index (χ0n) is 11.4. The molecule has 0 saturated carbocycles. The molecule has 0 heterocycles. The number of benzene rings is 1. The lowest BCUT2D eigenvalue weighted by Crippen LogP contribution is -2.43. The largest absolute Gasteiger partial charge is 0.543 e. The Hall–Kier alpha value is -0.483. The van der Waals surface area contributed by atoms with E-state index in [2.05, 4.69) is 49.8 Å². The van der Waals surface area contributed by atoms with Crippen molar-refractivity contribution in [3.8, 4) is 11.5 Å². The monoisotopic (exact) mass is 316 g/mol. The predicted molar refractivity (Wildman–Crippen MR) is 78.5 cm³/mol. The summed E-state index contributed by atoms with van der Waals surface area (Å²) in [6.07, 6.45) is 0. The van der Waals surface area contributed by atoms with E-state index in [0.717, 1.165) is 16.0 Å². The summed E-state index contributed by atoms with van der Waals surface area (Å²) in [4.78, 5) is 0. The van der Waals surface area contributed by atoms with E-state index in [-0.39, 0.29) is 5.04 Å². The first kappa shape index (κ1) is 14.6. The van der Waals surface area contributed by atoms with Gasteiger partial charge in [0.15, 0.2) is 0 Å². The molecule has 4 heteroatoms. The molecule has 96 valence electrons. The normalized spacial score (nSPS) is 12.4. The topological polar surface area (TPSA) is 18.5 Å². The molecule has 0 aromatic heterocycles. The summed E-state index contributed by atoms with van der Waals surface area (Å²) in [5.41, 5.74) is 0. The quantitative estimate of drug-likeness (QED) is 0.743. The number of hydrogen-bond donors (Lipinski definition) is 0. The molecule has 1 rings (SSSR count). The number of ether oxygens (including phenoxy) is 1. The van der Waals surface area contributed by atoms with Gasteiger partial charge in [-0.25, -0.2) is 0 Å². The second-order valence-electron chi connectivity index (χ2n) is 5.66. The second-order valence-corrected chi connectivity index (χ2v) is 11.2. The lowest BCUT2D eigenvalue weighted by atomic mass is 10.2. The number of rotatable bonds is 3. The summed E-state index contributed by atoms with van der Waals surface area (Å²) >= 11 is 3.52. The number of hydrogen-bond acceptors (Lipinski definition) is 2. The van der Waals surface area contributed by atoms with Gasteiger partial charge in [-0.1, -0.05) is 20.8 Å². The molecule has 0 fully saturated rings. The van der Waals surface area contributed by atoms with Gasteiger partial charge in [0, 0.05) is 6.07 Å². The average molecular weight is 317 g/mol. The minimum atomic E-state index is -1.80. The summed E-state index contributed by atoms with van der Waals surface area (Å²) in [6.45, 7) is 11.2. The highest BCUT2D eigenvalue weighted by Gasteiger charge is 2.39. The average Bonchev–Trinajstić information content (AvgIpc) is 2.19. The number of halogens is 1. The molecule has 0 unspecified atom stereocenters. The fraction of sp³-hybridized carbons (Fsp3) is 0.538. The van der Waals surface area contributed by atoms with E-state index in [9.17, 15) is 0 Å². The standard InChI is InChI=1S/C13H21BrO2Si/c1-13(2,3)17(5,6)16-12-9-10(15-4)7-8-11(12)14/h7-9H,1-6H3. The van der Waals surface area contributed by atoms with Crippen LogP contribution in [0.1, 0.15) is 20.8 Å². The molecular formula is C13H21BrO2Si. The Kier molecular flexibility index (Phi) is 4.31. The summed E-state index contributed by atoms with van der Waals surface area (Å²) in [5.74, 6) is 1.69. The molecule has 0 N–H and O–H groups in total. The summed E-state index contributed by atoms with van der Waals surface area (Å²) in [6, 6.07) is 5.81. The molecule has 0 spiro atoms. The summed E-state index contributed by atoms with van der Waals surface area (Å²) in [7, 11) is -0.132. The SMILES string of the molecule is COc1ccc(Br)c(O[Si](C)(C)C(C)(C)C)c1. The van der Waals surface area contributed by atoms with Gasteiger partial charge in [0.2, 0.25) is 0 Å². The first-order valence-electron chi connectivity index (χ1n) is 5.70. The third kappa shape index (κ3) is 3.49. The van der Waals surface area contributed by atoms with Crippen LogP contribution in [-0.2, 0) is 0 Å². The summed E-state index contributed by atoms with van der Waals surface area (Å²) < 4.78 is 12.5. The van der Waals surface area contributed by atoms with Gasteiger partial charge in [-0.2, -0.15) is 0 Å². The van der Waals surface area contributed by atoms with Crippen molar-refractivity contribution in [2.24, 2.45) is 0 Å². The van der Waals surface area contributed by atoms with Crippen LogP contribution in [-0.4, -0.2) is 15.4 Å². The third-order valence-electron chi connectivity index (χ3n) is 3.31.